The van der Waals surface area contributed by atoms with Crippen molar-refractivity contribution < 1.29 is 4.79 Å². The number of carbonyl (C=O) groups excluding carboxylic acids is 1. The number of carbonyl (C=O) groups is 1. The lowest BCUT2D eigenvalue weighted by Crippen LogP contribution is -2.35. The van der Waals surface area contributed by atoms with E-state index in [-0.39, 0.29) is 17.9 Å². The molecule has 0 radical (unpaired) electrons. The van der Waals surface area contributed by atoms with Gasteiger partial charge in [-0.15, -0.1) is 23.5 Å². The Hall–Kier alpha value is -2.11. The second-order valence-electron chi connectivity index (χ2n) is 7.53. The molecule has 0 aromatic heterocycles. The summed E-state index contributed by atoms with van der Waals surface area (Å²) < 4.78 is 0. The molecule has 0 aliphatic carbocycles. The highest BCUT2D eigenvalue weighted by atomic mass is 32.2. The van der Waals surface area contributed by atoms with Crippen LogP contribution in [0.25, 0.3) is 0 Å². The molecule has 0 saturated carbocycles. The van der Waals surface area contributed by atoms with Gasteiger partial charge in [0, 0.05) is 37.4 Å². The first-order valence-electron chi connectivity index (χ1n) is 10.1. The van der Waals surface area contributed by atoms with Crippen molar-refractivity contribution in [2.75, 3.05) is 24.6 Å². The van der Waals surface area contributed by atoms with E-state index in [0.717, 1.165) is 29.6 Å². The lowest BCUT2D eigenvalue weighted by molar-refractivity contribution is -0.126. The molecule has 1 amide bonds. The van der Waals surface area contributed by atoms with E-state index < -0.39 is 0 Å². The highest BCUT2D eigenvalue weighted by Crippen LogP contribution is 2.53. The van der Waals surface area contributed by atoms with Gasteiger partial charge in [-0.25, -0.2) is 0 Å². The number of nitrogens with zero attached hydrogens (tertiary/aromatic N) is 2. The Balaban J connectivity index is 1.75. The first-order chi connectivity index (χ1) is 14.2. The molecule has 2 atom stereocenters. The summed E-state index contributed by atoms with van der Waals surface area (Å²) in [7, 11) is 0. The Kier molecular flexibility index (Phi) is 5.18. The largest absolute Gasteiger partial charge is 0.355 e. The Bertz CT molecular complexity index is 971. The molecule has 0 spiro atoms. The normalized spacial score (nSPS) is 26.4. The van der Waals surface area contributed by atoms with Crippen LogP contribution in [-0.2, 0) is 4.79 Å². The van der Waals surface area contributed by atoms with Crippen LogP contribution in [0.1, 0.15) is 30.0 Å². The van der Waals surface area contributed by atoms with E-state index in [9.17, 15) is 4.79 Å². The SMILES string of the molecule is CC(=O)N1CCS/C1=C1\[C@H](c2ccccc2)C=C2SCCN2[C@@H]1c1ccccc1. The molecule has 29 heavy (non-hydrogen) atoms. The monoisotopic (exact) mass is 420 g/mol. The van der Waals surface area contributed by atoms with Crippen molar-refractivity contribution in [1.82, 2.24) is 9.80 Å². The van der Waals surface area contributed by atoms with Crippen LogP contribution in [0.5, 0.6) is 0 Å². The smallest absolute Gasteiger partial charge is 0.224 e. The number of fused-ring (bicyclic) bond motifs is 1. The van der Waals surface area contributed by atoms with Gasteiger partial charge in [0.05, 0.1) is 16.1 Å². The van der Waals surface area contributed by atoms with Gasteiger partial charge in [0.1, 0.15) is 0 Å². The number of rotatable bonds is 2. The minimum atomic E-state index is 0.140. The number of amides is 1. The first kappa shape index (κ1) is 18.9. The highest BCUT2D eigenvalue weighted by molar-refractivity contribution is 8.03. The van der Waals surface area contributed by atoms with Gasteiger partial charge in [0.15, 0.2) is 0 Å². The van der Waals surface area contributed by atoms with Crippen LogP contribution in [0.3, 0.4) is 0 Å². The molecule has 2 aromatic rings. The van der Waals surface area contributed by atoms with Crippen molar-refractivity contribution in [1.29, 1.82) is 0 Å². The average Bonchev–Trinajstić information content (AvgIpc) is 3.43. The summed E-state index contributed by atoms with van der Waals surface area (Å²) in [5, 5.41) is 2.53. The van der Waals surface area contributed by atoms with Crippen molar-refractivity contribution in [2.24, 2.45) is 0 Å². The van der Waals surface area contributed by atoms with Crippen LogP contribution < -0.4 is 0 Å². The topological polar surface area (TPSA) is 23.6 Å². The van der Waals surface area contributed by atoms with Crippen molar-refractivity contribution >= 4 is 29.4 Å². The molecule has 148 valence electrons. The van der Waals surface area contributed by atoms with E-state index in [1.165, 1.54) is 21.7 Å². The van der Waals surface area contributed by atoms with E-state index in [4.69, 9.17) is 0 Å². The summed E-state index contributed by atoms with van der Waals surface area (Å²) in [6.07, 6.45) is 2.42. The summed E-state index contributed by atoms with van der Waals surface area (Å²) >= 11 is 3.79. The molecule has 2 aromatic carbocycles. The van der Waals surface area contributed by atoms with Crippen molar-refractivity contribution in [3.8, 4) is 0 Å². The zero-order chi connectivity index (χ0) is 19.8. The molecule has 3 heterocycles. The van der Waals surface area contributed by atoms with Crippen LogP contribution in [0.2, 0.25) is 0 Å². The third-order valence-electron chi connectivity index (χ3n) is 5.82. The van der Waals surface area contributed by atoms with E-state index in [1.54, 1.807) is 6.92 Å². The predicted molar refractivity (Wildman–Crippen MR) is 122 cm³/mol. The molecule has 0 N–H and O–H groups in total. The molecule has 0 bridgehead atoms. The van der Waals surface area contributed by atoms with Crippen LogP contribution in [0, 0.1) is 0 Å². The van der Waals surface area contributed by atoms with Crippen molar-refractivity contribution in [3.63, 3.8) is 0 Å². The minimum Gasteiger partial charge on any atom is -0.355 e. The Labute approximate surface area is 180 Å². The third kappa shape index (κ3) is 3.40. The Morgan fingerprint density at radius 3 is 2.24 bits per heavy atom. The van der Waals surface area contributed by atoms with Crippen molar-refractivity contribution in [2.45, 2.75) is 18.9 Å². The van der Waals surface area contributed by atoms with E-state index in [1.807, 2.05) is 28.4 Å². The van der Waals surface area contributed by atoms with Crippen LogP contribution in [-0.4, -0.2) is 40.3 Å². The maximum Gasteiger partial charge on any atom is 0.224 e. The summed E-state index contributed by atoms with van der Waals surface area (Å²) in [4.78, 5) is 17.0. The molecule has 5 rings (SSSR count). The standard InChI is InChI=1S/C24H24N2OS2/c1-17(27)25-12-15-29-24(25)22-20(18-8-4-2-5-9-18)16-21-26(13-14-28-21)23(22)19-10-6-3-7-11-19/h2-11,16,20,23H,12-15H2,1H3/b24-22+/t20-,23+/m0/s1. The molecule has 3 nitrogen and oxygen atoms in total. The van der Waals surface area contributed by atoms with Gasteiger partial charge >= 0.3 is 0 Å². The molecule has 2 fully saturated rings. The molecular weight excluding hydrogens is 396 g/mol. The number of hydrogen-bond acceptors (Lipinski definition) is 4. The molecular formula is C24H24N2OS2. The summed E-state index contributed by atoms with van der Waals surface area (Å²) in [6, 6.07) is 21.7. The molecule has 0 unspecified atom stereocenters. The van der Waals surface area contributed by atoms with Gasteiger partial charge in [-0.1, -0.05) is 60.7 Å². The van der Waals surface area contributed by atoms with E-state index in [0.29, 0.717) is 0 Å². The van der Waals surface area contributed by atoms with E-state index in [2.05, 4.69) is 71.6 Å². The fourth-order valence-electron chi connectivity index (χ4n) is 4.55. The third-order valence-corrected chi connectivity index (χ3v) is 7.98. The Morgan fingerprint density at radius 2 is 1.55 bits per heavy atom. The van der Waals surface area contributed by atoms with E-state index >= 15 is 0 Å². The first-order valence-corrected chi connectivity index (χ1v) is 12.1. The molecule has 3 aliphatic rings. The van der Waals surface area contributed by atoms with Gasteiger partial charge in [0.25, 0.3) is 0 Å². The fraction of sp³-hybridized carbons (Fsp3) is 0.292. The second-order valence-corrected chi connectivity index (χ2v) is 9.73. The second kappa shape index (κ2) is 7.96. The van der Waals surface area contributed by atoms with Crippen LogP contribution in [0.4, 0.5) is 0 Å². The minimum absolute atomic E-state index is 0.140. The molecule has 5 heteroatoms. The number of hydrogen-bond donors (Lipinski definition) is 0. The summed E-state index contributed by atoms with van der Waals surface area (Å²) in [5.74, 6) is 2.40. The molecule has 2 saturated heterocycles. The zero-order valence-electron chi connectivity index (χ0n) is 16.5. The van der Waals surface area contributed by atoms with Gasteiger partial charge in [-0.05, 0) is 22.8 Å². The maximum absolute atomic E-state index is 12.5. The van der Waals surface area contributed by atoms with Crippen LogP contribution >= 0.6 is 23.5 Å². The average molecular weight is 421 g/mol. The van der Waals surface area contributed by atoms with Crippen molar-refractivity contribution in [3.05, 3.63) is 93.5 Å². The van der Waals surface area contributed by atoms with Gasteiger partial charge in [-0.2, -0.15) is 0 Å². The maximum atomic E-state index is 12.5. The Morgan fingerprint density at radius 1 is 0.897 bits per heavy atom. The fourth-order valence-corrected chi connectivity index (χ4v) is 6.89. The number of thioether (sulfide) groups is 2. The van der Waals surface area contributed by atoms with Gasteiger partial charge in [-0.3, -0.25) is 4.79 Å². The number of allylic oxidation sites excluding steroid dienone is 1. The number of benzene rings is 2. The zero-order valence-corrected chi connectivity index (χ0v) is 18.1. The lowest BCUT2D eigenvalue weighted by atomic mass is 9.81. The molecule has 3 aliphatic heterocycles. The predicted octanol–water partition coefficient (Wildman–Crippen LogP) is 5.22. The lowest BCUT2D eigenvalue weighted by Gasteiger charge is -2.41. The summed E-state index contributed by atoms with van der Waals surface area (Å²) in [5.41, 5.74) is 3.96. The summed E-state index contributed by atoms with van der Waals surface area (Å²) in [6.45, 7) is 3.53. The quantitative estimate of drug-likeness (QED) is 0.664. The highest BCUT2D eigenvalue weighted by Gasteiger charge is 2.41. The van der Waals surface area contributed by atoms with Gasteiger partial charge in [0.2, 0.25) is 5.91 Å². The van der Waals surface area contributed by atoms with Crippen LogP contribution in [0.15, 0.2) is 82.4 Å². The van der Waals surface area contributed by atoms with Gasteiger partial charge < -0.3 is 9.80 Å².